The zero-order valence-corrected chi connectivity index (χ0v) is 15.8. The van der Waals surface area contributed by atoms with Crippen LogP contribution in [0.25, 0.3) is 0 Å². The monoisotopic (exact) mass is 382 g/mol. The quantitative estimate of drug-likeness (QED) is 0.535. The van der Waals surface area contributed by atoms with Gasteiger partial charge in [-0.3, -0.25) is 9.59 Å². The van der Waals surface area contributed by atoms with Crippen LogP contribution in [-0.2, 0) is 0 Å². The number of rotatable bonds is 3. The molecule has 0 aliphatic heterocycles. The van der Waals surface area contributed by atoms with Crippen LogP contribution in [0, 0.1) is 18.8 Å². The third-order valence-corrected chi connectivity index (χ3v) is 4.05. The average molecular weight is 382 g/mol. The SMILES string of the molecule is C=NC(=O)c1cnc(N)c(C#Cc2cccc(NC(=O)c3cccc(C)c3)c2)c1. The number of hydrogen-bond donors (Lipinski definition) is 2. The van der Waals surface area contributed by atoms with Crippen LogP contribution < -0.4 is 11.1 Å². The van der Waals surface area contributed by atoms with Gasteiger partial charge in [-0.2, -0.15) is 0 Å². The third-order valence-electron chi connectivity index (χ3n) is 4.05. The topological polar surface area (TPSA) is 97.4 Å². The van der Waals surface area contributed by atoms with Crippen LogP contribution in [0.1, 0.15) is 37.4 Å². The van der Waals surface area contributed by atoms with Crippen molar-refractivity contribution < 1.29 is 9.59 Å². The molecule has 0 saturated heterocycles. The molecule has 2 amide bonds. The number of pyridine rings is 1. The highest BCUT2D eigenvalue weighted by Gasteiger charge is 2.07. The van der Waals surface area contributed by atoms with E-state index in [2.05, 4.69) is 33.9 Å². The Morgan fingerprint density at radius 3 is 2.62 bits per heavy atom. The molecule has 0 saturated carbocycles. The van der Waals surface area contributed by atoms with E-state index in [4.69, 9.17) is 5.73 Å². The minimum absolute atomic E-state index is 0.199. The summed E-state index contributed by atoms with van der Waals surface area (Å²) in [4.78, 5) is 31.4. The summed E-state index contributed by atoms with van der Waals surface area (Å²) in [6.07, 6.45) is 1.33. The number of nitrogen functional groups attached to an aromatic ring is 1. The number of carbonyl (C=O) groups is 2. The van der Waals surface area contributed by atoms with Crippen molar-refractivity contribution in [1.82, 2.24) is 4.98 Å². The molecule has 3 aromatic rings. The molecule has 0 unspecified atom stereocenters. The zero-order valence-electron chi connectivity index (χ0n) is 15.8. The lowest BCUT2D eigenvalue weighted by atomic mass is 10.1. The number of carbonyl (C=O) groups excluding carboxylic acids is 2. The maximum atomic E-state index is 12.4. The molecule has 2 aromatic carbocycles. The molecule has 3 N–H and O–H groups in total. The van der Waals surface area contributed by atoms with Crippen molar-refractivity contribution in [3.05, 3.63) is 88.6 Å². The van der Waals surface area contributed by atoms with Gasteiger partial charge in [0, 0.05) is 23.0 Å². The number of anilines is 2. The predicted octanol–water partition coefficient (Wildman–Crippen LogP) is 3.47. The van der Waals surface area contributed by atoms with E-state index >= 15 is 0 Å². The van der Waals surface area contributed by atoms with Crippen LogP contribution in [0.3, 0.4) is 0 Å². The second-order valence-electron chi connectivity index (χ2n) is 6.27. The first-order chi connectivity index (χ1) is 14.0. The highest BCUT2D eigenvalue weighted by atomic mass is 16.2. The molecular weight excluding hydrogens is 364 g/mol. The van der Waals surface area contributed by atoms with Crippen LogP contribution >= 0.6 is 0 Å². The second kappa shape index (κ2) is 8.63. The summed E-state index contributed by atoms with van der Waals surface area (Å²) in [6.45, 7) is 5.15. The molecule has 0 fully saturated rings. The second-order valence-corrected chi connectivity index (χ2v) is 6.27. The Morgan fingerprint density at radius 1 is 1.07 bits per heavy atom. The number of nitrogens with one attached hydrogen (secondary N) is 1. The van der Waals surface area contributed by atoms with Gasteiger partial charge in [0.25, 0.3) is 11.8 Å². The van der Waals surface area contributed by atoms with E-state index < -0.39 is 5.91 Å². The van der Waals surface area contributed by atoms with Gasteiger partial charge in [-0.05, 0) is 50.0 Å². The molecule has 0 aliphatic carbocycles. The van der Waals surface area contributed by atoms with Crippen LogP contribution in [0.4, 0.5) is 11.5 Å². The van der Waals surface area contributed by atoms with Gasteiger partial charge in [0.15, 0.2) is 0 Å². The Labute approximate surface area is 168 Å². The van der Waals surface area contributed by atoms with Crippen molar-refractivity contribution in [1.29, 1.82) is 0 Å². The Kier molecular flexibility index (Phi) is 5.81. The van der Waals surface area contributed by atoms with Crippen molar-refractivity contribution in [3.8, 4) is 11.8 Å². The average Bonchev–Trinajstić information content (AvgIpc) is 2.73. The fraction of sp³-hybridized carbons (Fsp3) is 0.0435. The fourth-order valence-corrected chi connectivity index (χ4v) is 2.59. The molecular formula is C23H18N4O2. The number of amides is 2. The number of benzene rings is 2. The van der Waals surface area contributed by atoms with E-state index in [9.17, 15) is 9.59 Å². The lowest BCUT2D eigenvalue weighted by molar-refractivity contribution is 0.100. The van der Waals surface area contributed by atoms with Gasteiger partial charge in [-0.1, -0.05) is 35.6 Å². The van der Waals surface area contributed by atoms with Gasteiger partial charge in [0.1, 0.15) is 5.82 Å². The van der Waals surface area contributed by atoms with Crippen LogP contribution in [0.5, 0.6) is 0 Å². The van der Waals surface area contributed by atoms with Crippen molar-refractivity contribution in [2.24, 2.45) is 4.99 Å². The third kappa shape index (κ3) is 4.93. The molecule has 3 rings (SSSR count). The van der Waals surface area contributed by atoms with Gasteiger partial charge < -0.3 is 11.1 Å². The summed E-state index contributed by atoms with van der Waals surface area (Å²) < 4.78 is 0. The number of hydrogen-bond acceptors (Lipinski definition) is 4. The minimum Gasteiger partial charge on any atom is -0.383 e. The summed E-state index contributed by atoms with van der Waals surface area (Å²) >= 11 is 0. The Bertz CT molecular complexity index is 1170. The van der Waals surface area contributed by atoms with Gasteiger partial charge in [0.2, 0.25) is 0 Å². The normalized spacial score (nSPS) is 9.83. The molecule has 6 heteroatoms. The molecule has 6 nitrogen and oxygen atoms in total. The number of nitrogens with zero attached hydrogens (tertiary/aromatic N) is 2. The van der Waals surface area contributed by atoms with Crippen molar-refractivity contribution in [2.45, 2.75) is 6.92 Å². The Hall–Kier alpha value is -4.24. The zero-order chi connectivity index (χ0) is 20.8. The predicted molar refractivity (Wildman–Crippen MR) is 114 cm³/mol. The summed E-state index contributed by atoms with van der Waals surface area (Å²) in [5, 5.41) is 2.86. The lowest BCUT2D eigenvalue weighted by Crippen LogP contribution is -2.11. The van der Waals surface area contributed by atoms with E-state index in [1.807, 2.05) is 25.1 Å². The smallest absolute Gasteiger partial charge is 0.277 e. The molecule has 0 atom stereocenters. The van der Waals surface area contributed by atoms with Crippen molar-refractivity contribution in [2.75, 3.05) is 11.1 Å². The summed E-state index contributed by atoms with van der Waals surface area (Å²) in [7, 11) is 0. The first-order valence-electron chi connectivity index (χ1n) is 8.73. The van der Waals surface area contributed by atoms with E-state index in [1.54, 1.807) is 30.3 Å². The van der Waals surface area contributed by atoms with Crippen molar-refractivity contribution >= 4 is 30.0 Å². The number of aliphatic imine (C=N–C) groups is 1. The highest BCUT2D eigenvalue weighted by molar-refractivity contribution is 6.04. The largest absolute Gasteiger partial charge is 0.383 e. The van der Waals surface area contributed by atoms with Crippen LogP contribution in [0.2, 0.25) is 0 Å². The number of aromatic nitrogens is 1. The molecule has 142 valence electrons. The van der Waals surface area contributed by atoms with Gasteiger partial charge in [0.05, 0.1) is 11.1 Å². The lowest BCUT2D eigenvalue weighted by Gasteiger charge is -2.06. The first kappa shape index (κ1) is 19.5. The summed E-state index contributed by atoms with van der Waals surface area (Å²) in [6, 6.07) is 16.0. The number of aryl methyl sites for hydroxylation is 1. The molecule has 0 aliphatic rings. The summed E-state index contributed by atoms with van der Waals surface area (Å²) in [5.74, 6) is 5.39. The fourth-order valence-electron chi connectivity index (χ4n) is 2.59. The molecule has 29 heavy (non-hydrogen) atoms. The maximum absolute atomic E-state index is 12.4. The molecule has 0 radical (unpaired) electrons. The number of nitrogens with two attached hydrogens (primary N) is 1. The first-order valence-corrected chi connectivity index (χ1v) is 8.73. The molecule has 1 aromatic heterocycles. The molecule has 1 heterocycles. The van der Waals surface area contributed by atoms with E-state index in [0.717, 1.165) is 5.56 Å². The standard InChI is InChI=1S/C23H18N4O2/c1-15-5-3-7-18(11-15)23(29)27-20-8-4-6-16(12-20)9-10-17-13-19(22(28)25-2)14-26-21(17)24/h3-8,11-14H,2H2,1H3,(H2,24,26)(H,27,29). The van der Waals surface area contributed by atoms with E-state index in [0.29, 0.717) is 22.4 Å². The van der Waals surface area contributed by atoms with Crippen LogP contribution in [-0.4, -0.2) is 23.5 Å². The molecule has 0 spiro atoms. The Morgan fingerprint density at radius 2 is 1.86 bits per heavy atom. The Balaban J connectivity index is 1.82. The van der Waals surface area contributed by atoms with E-state index in [1.165, 1.54) is 12.3 Å². The van der Waals surface area contributed by atoms with Gasteiger partial charge >= 0.3 is 0 Å². The van der Waals surface area contributed by atoms with Gasteiger partial charge in [-0.25, -0.2) is 9.98 Å². The van der Waals surface area contributed by atoms with E-state index in [-0.39, 0.29) is 17.3 Å². The summed E-state index contributed by atoms with van der Waals surface area (Å²) in [5.41, 5.74) is 9.39. The van der Waals surface area contributed by atoms with Crippen LogP contribution in [0.15, 0.2) is 65.8 Å². The maximum Gasteiger partial charge on any atom is 0.277 e. The highest BCUT2D eigenvalue weighted by Crippen LogP contribution is 2.14. The minimum atomic E-state index is -0.499. The van der Waals surface area contributed by atoms with Crippen molar-refractivity contribution in [3.63, 3.8) is 0 Å². The molecule has 0 bridgehead atoms. The van der Waals surface area contributed by atoms with Gasteiger partial charge in [-0.15, -0.1) is 0 Å².